The number of Topliss-reactive ketones (excluding diaryl/α,β-unsaturated/α-hetero) is 1. The summed E-state index contributed by atoms with van der Waals surface area (Å²) in [6.07, 6.45) is 4.39. The molecule has 1 aliphatic rings. The van der Waals surface area contributed by atoms with E-state index in [1.807, 2.05) is 0 Å². The zero-order chi connectivity index (χ0) is 7.56. The van der Waals surface area contributed by atoms with Gasteiger partial charge in [-0.15, -0.1) is 11.6 Å². The lowest BCUT2D eigenvalue weighted by Crippen LogP contribution is -2.25. The molecule has 10 heavy (non-hydrogen) atoms. The third-order valence-corrected chi connectivity index (χ3v) is 2.73. The van der Waals surface area contributed by atoms with Crippen molar-refractivity contribution in [3.05, 3.63) is 0 Å². The van der Waals surface area contributed by atoms with Crippen LogP contribution in [0.5, 0.6) is 0 Å². The Morgan fingerprint density at radius 1 is 1.40 bits per heavy atom. The molecule has 0 aliphatic heterocycles. The molecule has 0 aromatic rings. The van der Waals surface area contributed by atoms with E-state index in [1.165, 1.54) is 12.8 Å². The quantitative estimate of drug-likeness (QED) is 0.539. The summed E-state index contributed by atoms with van der Waals surface area (Å²) in [6, 6.07) is 0. The van der Waals surface area contributed by atoms with E-state index in [2.05, 4.69) is 0 Å². The summed E-state index contributed by atoms with van der Waals surface area (Å²) in [5.74, 6) is 0.412. The highest BCUT2D eigenvalue weighted by molar-refractivity contribution is 6.22. The zero-order valence-electron chi connectivity index (χ0n) is 6.27. The van der Waals surface area contributed by atoms with Crippen LogP contribution in [0, 0.1) is 5.92 Å². The van der Waals surface area contributed by atoms with E-state index in [4.69, 9.17) is 11.6 Å². The lowest BCUT2D eigenvalue weighted by molar-refractivity contribution is -0.121. The van der Waals surface area contributed by atoms with Crippen LogP contribution in [0.15, 0.2) is 0 Å². The molecule has 0 N–H and O–H groups in total. The van der Waals surface area contributed by atoms with Gasteiger partial charge in [0.15, 0.2) is 0 Å². The van der Waals surface area contributed by atoms with Crippen LogP contribution < -0.4 is 0 Å². The fourth-order valence-corrected chi connectivity index (χ4v) is 2.00. The largest absolute Gasteiger partial charge is 0.300 e. The van der Waals surface area contributed by atoms with Gasteiger partial charge in [-0.2, -0.15) is 0 Å². The molecule has 1 aliphatic carbocycles. The molecule has 0 saturated heterocycles. The first kappa shape index (κ1) is 8.06. The molecule has 1 fully saturated rings. The Kier molecular flexibility index (Phi) is 2.72. The fourth-order valence-electron chi connectivity index (χ4n) is 1.54. The first-order valence-corrected chi connectivity index (χ1v) is 4.30. The van der Waals surface area contributed by atoms with Gasteiger partial charge in [0.05, 0.1) is 0 Å². The maximum Gasteiger partial charge on any atom is 0.134 e. The lowest BCUT2D eigenvalue weighted by atomic mass is 9.86. The van der Waals surface area contributed by atoms with Gasteiger partial charge in [-0.05, 0) is 19.8 Å². The molecule has 0 aromatic carbocycles. The Hall–Kier alpha value is -0.0400. The minimum Gasteiger partial charge on any atom is -0.300 e. The number of hydrogen-bond acceptors (Lipinski definition) is 1. The molecule has 0 spiro atoms. The van der Waals surface area contributed by atoms with Crippen LogP contribution in [0.2, 0.25) is 0 Å². The Balaban J connectivity index is 2.47. The van der Waals surface area contributed by atoms with Gasteiger partial charge in [0.25, 0.3) is 0 Å². The van der Waals surface area contributed by atoms with Gasteiger partial charge in [-0.1, -0.05) is 12.8 Å². The average Bonchev–Trinajstić information content (AvgIpc) is 1.88. The SMILES string of the molecule is CC(=O)[C@@H]1CCCCC1Cl. The summed E-state index contributed by atoms with van der Waals surface area (Å²) in [5, 5.41) is 0.117. The van der Waals surface area contributed by atoms with Crippen LogP contribution in [0.25, 0.3) is 0 Å². The summed E-state index contributed by atoms with van der Waals surface area (Å²) in [7, 11) is 0. The maximum absolute atomic E-state index is 10.9. The molecule has 0 bridgehead atoms. The number of hydrogen-bond donors (Lipinski definition) is 0. The lowest BCUT2D eigenvalue weighted by Gasteiger charge is -2.24. The van der Waals surface area contributed by atoms with Crippen LogP contribution >= 0.6 is 11.6 Å². The Morgan fingerprint density at radius 2 is 2.00 bits per heavy atom. The molecule has 1 nitrogen and oxygen atoms in total. The molecule has 1 unspecified atom stereocenters. The summed E-state index contributed by atoms with van der Waals surface area (Å²) < 4.78 is 0. The van der Waals surface area contributed by atoms with Crippen molar-refractivity contribution >= 4 is 17.4 Å². The van der Waals surface area contributed by atoms with Crippen molar-refractivity contribution in [3.8, 4) is 0 Å². The molecule has 0 heterocycles. The predicted octanol–water partition coefficient (Wildman–Crippen LogP) is 2.37. The molecular formula is C8H13ClO. The molecular weight excluding hydrogens is 148 g/mol. The molecule has 1 rings (SSSR count). The number of carbonyl (C=O) groups excluding carboxylic acids is 1. The van der Waals surface area contributed by atoms with E-state index in [1.54, 1.807) is 6.92 Å². The van der Waals surface area contributed by atoms with E-state index in [9.17, 15) is 4.79 Å². The Morgan fingerprint density at radius 3 is 2.40 bits per heavy atom. The van der Waals surface area contributed by atoms with Crippen LogP contribution in [0.4, 0.5) is 0 Å². The van der Waals surface area contributed by atoms with Crippen LogP contribution in [-0.2, 0) is 4.79 Å². The van der Waals surface area contributed by atoms with Crippen molar-refractivity contribution in [3.63, 3.8) is 0 Å². The normalized spacial score (nSPS) is 33.8. The standard InChI is InChI=1S/C8H13ClO/c1-6(10)7-4-2-3-5-8(7)9/h7-8H,2-5H2,1H3/t7-,8?/m0/s1. The van der Waals surface area contributed by atoms with E-state index in [0.29, 0.717) is 0 Å². The van der Waals surface area contributed by atoms with Crippen molar-refractivity contribution in [1.82, 2.24) is 0 Å². The monoisotopic (exact) mass is 160 g/mol. The summed E-state index contributed by atoms with van der Waals surface area (Å²) in [5.41, 5.74) is 0. The molecule has 2 atom stereocenters. The summed E-state index contributed by atoms with van der Waals surface area (Å²) >= 11 is 5.96. The highest BCUT2D eigenvalue weighted by atomic mass is 35.5. The average molecular weight is 161 g/mol. The smallest absolute Gasteiger partial charge is 0.134 e. The summed E-state index contributed by atoms with van der Waals surface area (Å²) in [4.78, 5) is 10.9. The molecule has 0 amide bonds. The minimum atomic E-state index is 0.117. The van der Waals surface area contributed by atoms with Crippen molar-refractivity contribution in [1.29, 1.82) is 0 Å². The highest BCUT2D eigenvalue weighted by Crippen LogP contribution is 2.28. The van der Waals surface area contributed by atoms with Gasteiger partial charge < -0.3 is 0 Å². The van der Waals surface area contributed by atoms with Crippen LogP contribution in [0.1, 0.15) is 32.6 Å². The molecule has 0 aromatic heterocycles. The second-order valence-electron chi connectivity index (χ2n) is 3.02. The number of halogens is 1. The minimum absolute atomic E-state index is 0.117. The Labute approximate surface area is 66.8 Å². The first-order valence-electron chi connectivity index (χ1n) is 3.86. The van der Waals surface area contributed by atoms with E-state index in [0.717, 1.165) is 12.8 Å². The first-order chi connectivity index (χ1) is 4.72. The summed E-state index contributed by atoms with van der Waals surface area (Å²) in [6.45, 7) is 1.64. The van der Waals surface area contributed by atoms with Gasteiger partial charge in [0.1, 0.15) is 5.78 Å². The number of carbonyl (C=O) groups is 1. The van der Waals surface area contributed by atoms with Crippen LogP contribution in [-0.4, -0.2) is 11.2 Å². The van der Waals surface area contributed by atoms with Gasteiger partial charge in [-0.25, -0.2) is 0 Å². The number of rotatable bonds is 1. The topological polar surface area (TPSA) is 17.1 Å². The third kappa shape index (κ3) is 1.72. The second-order valence-corrected chi connectivity index (χ2v) is 3.58. The predicted molar refractivity (Wildman–Crippen MR) is 42.3 cm³/mol. The van der Waals surface area contributed by atoms with E-state index >= 15 is 0 Å². The molecule has 2 heteroatoms. The fraction of sp³-hybridized carbons (Fsp3) is 0.875. The van der Waals surface area contributed by atoms with Gasteiger partial charge in [0, 0.05) is 11.3 Å². The van der Waals surface area contributed by atoms with Crippen LogP contribution in [0.3, 0.4) is 0 Å². The second kappa shape index (κ2) is 3.38. The van der Waals surface area contributed by atoms with Crippen molar-refractivity contribution in [2.45, 2.75) is 38.0 Å². The number of ketones is 1. The number of alkyl halides is 1. The molecule has 1 saturated carbocycles. The van der Waals surface area contributed by atoms with Crippen molar-refractivity contribution in [2.75, 3.05) is 0 Å². The maximum atomic E-state index is 10.9. The highest BCUT2D eigenvalue weighted by Gasteiger charge is 2.26. The van der Waals surface area contributed by atoms with Gasteiger partial charge in [0.2, 0.25) is 0 Å². The van der Waals surface area contributed by atoms with Crippen molar-refractivity contribution in [2.24, 2.45) is 5.92 Å². The third-order valence-electron chi connectivity index (χ3n) is 2.20. The van der Waals surface area contributed by atoms with Crippen molar-refractivity contribution < 1.29 is 4.79 Å². The van der Waals surface area contributed by atoms with E-state index < -0.39 is 0 Å². The van der Waals surface area contributed by atoms with E-state index in [-0.39, 0.29) is 17.1 Å². The molecule has 58 valence electrons. The zero-order valence-corrected chi connectivity index (χ0v) is 7.03. The van der Waals surface area contributed by atoms with Gasteiger partial charge >= 0.3 is 0 Å². The molecule has 0 radical (unpaired) electrons. The Bertz CT molecular complexity index is 133. The van der Waals surface area contributed by atoms with Gasteiger partial charge in [-0.3, -0.25) is 4.79 Å².